The zero-order valence-corrected chi connectivity index (χ0v) is 20.2. The summed E-state index contributed by atoms with van der Waals surface area (Å²) in [6.45, 7) is 5.01. The minimum atomic E-state index is -1.60. The van der Waals surface area contributed by atoms with E-state index in [-0.39, 0.29) is 0 Å². The van der Waals surface area contributed by atoms with Crippen LogP contribution in [0.4, 0.5) is 17.2 Å². The molecule has 0 amide bonds. The quantitative estimate of drug-likeness (QED) is 0.371. The van der Waals surface area contributed by atoms with Crippen LogP contribution >= 0.6 is 0 Å². The van der Waals surface area contributed by atoms with Crippen LogP contribution in [0.25, 0.3) is 10.9 Å². The number of hydrogen-bond donors (Lipinski definition) is 3. The Morgan fingerprint density at radius 1 is 1.15 bits per heavy atom. The summed E-state index contributed by atoms with van der Waals surface area (Å²) < 4.78 is 28.8. The summed E-state index contributed by atoms with van der Waals surface area (Å²) >= 11 is 0. The monoisotopic (exact) mass is 486 g/mol. The lowest BCUT2D eigenvalue weighted by Gasteiger charge is -2.26. The van der Waals surface area contributed by atoms with Gasteiger partial charge in [-0.2, -0.15) is 0 Å². The van der Waals surface area contributed by atoms with Crippen molar-refractivity contribution in [3.63, 3.8) is 0 Å². The number of fused-ring (bicyclic) bond motifs is 1. The van der Waals surface area contributed by atoms with Gasteiger partial charge in [-0.25, -0.2) is 19.3 Å². The molecule has 1 atom stereocenters. The Morgan fingerprint density at radius 2 is 1.97 bits per heavy atom. The lowest BCUT2D eigenvalue weighted by Crippen LogP contribution is -2.37. The van der Waals surface area contributed by atoms with E-state index in [4.69, 9.17) is 19.3 Å². The molecule has 0 bridgehead atoms. The molecule has 2 heterocycles. The highest BCUT2D eigenvalue weighted by Gasteiger charge is 2.15. The smallest absolute Gasteiger partial charge is 0.162 e. The van der Waals surface area contributed by atoms with Gasteiger partial charge in [-0.05, 0) is 30.7 Å². The molecular formula is C23H30N6O4S. The SMILES string of the molecule is CNc1ccc(S(N)=O)cc1Nc1ncnc2cc(OC)c(OCCCN3CCOCC3)cc12. The van der Waals surface area contributed by atoms with Crippen LogP contribution in [0.1, 0.15) is 6.42 Å². The fourth-order valence-corrected chi connectivity index (χ4v) is 4.26. The fraction of sp³-hybridized carbons (Fsp3) is 0.391. The maximum absolute atomic E-state index is 11.8. The van der Waals surface area contributed by atoms with E-state index in [0.717, 1.165) is 50.3 Å². The van der Waals surface area contributed by atoms with Crippen molar-refractivity contribution in [1.82, 2.24) is 14.9 Å². The Kier molecular flexibility index (Phi) is 8.12. The summed E-state index contributed by atoms with van der Waals surface area (Å²) in [5.74, 6) is 1.82. The second kappa shape index (κ2) is 11.4. The lowest BCUT2D eigenvalue weighted by molar-refractivity contribution is 0.0357. The van der Waals surface area contributed by atoms with Crippen molar-refractivity contribution >= 4 is 39.1 Å². The van der Waals surface area contributed by atoms with Gasteiger partial charge in [0.2, 0.25) is 0 Å². The van der Waals surface area contributed by atoms with Gasteiger partial charge in [0.25, 0.3) is 0 Å². The van der Waals surface area contributed by atoms with Gasteiger partial charge in [-0.1, -0.05) is 0 Å². The molecular weight excluding hydrogens is 456 g/mol. The zero-order valence-electron chi connectivity index (χ0n) is 19.4. The maximum atomic E-state index is 11.8. The number of hydrogen-bond acceptors (Lipinski definition) is 9. The van der Waals surface area contributed by atoms with E-state index in [1.54, 1.807) is 19.2 Å². The van der Waals surface area contributed by atoms with Gasteiger partial charge in [0.15, 0.2) is 11.5 Å². The van der Waals surface area contributed by atoms with Crippen LogP contribution in [-0.4, -0.2) is 72.7 Å². The van der Waals surface area contributed by atoms with E-state index in [9.17, 15) is 4.21 Å². The molecule has 2 aromatic carbocycles. The van der Waals surface area contributed by atoms with Crippen molar-refractivity contribution in [2.45, 2.75) is 11.3 Å². The van der Waals surface area contributed by atoms with Gasteiger partial charge >= 0.3 is 0 Å². The molecule has 1 aliphatic rings. The van der Waals surface area contributed by atoms with Crippen molar-refractivity contribution in [2.24, 2.45) is 5.14 Å². The number of anilines is 3. The van der Waals surface area contributed by atoms with Gasteiger partial charge in [-0.15, -0.1) is 0 Å². The van der Waals surface area contributed by atoms with Crippen LogP contribution in [0.3, 0.4) is 0 Å². The summed E-state index contributed by atoms with van der Waals surface area (Å²) in [6.07, 6.45) is 2.38. The van der Waals surface area contributed by atoms with Gasteiger partial charge < -0.3 is 24.8 Å². The standard InChI is InChI=1S/C23H30N6O4S/c1-25-18-5-4-16(34(24)30)12-20(18)28-23-17-13-22(21(31-2)14-19(17)26-15-27-23)33-9-3-6-29-7-10-32-11-8-29/h4-5,12-15,25H,3,6-11,24H2,1-2H3,(H,26,27,28). The lowest BCUT2D eigenvalue weighted by atomic mass is 10.2. The van der Waals surface area contributed by atoms with E-state index in [2.05, 4.69) is 25.5 Å². The van der Waals surface area contributed by atoms with Crippen molar-refractivity contribution in [3.05, 3.63) is 36.7 Å². The number of benzene rings is 2. The van der Waals surface area contributed by atoms with E-state index >= 15 is 0 Å². The molecule has 10 nitrogen and oxygen atoms in total. The van der Waals surface area contributed by atoms with Crippen LogP contribution in [0.2, 0.25) is 0 Å². The molecule has 182 valence electrons. The summed E-state index contributed by atoms with van der Waals surface area (Å²) in [6, 6.07) is 9.00. The normalized spacial score (nSPS) is 15.1. The molecule has 4 rings (SSSR count). The number of morpholine rings is 1. The highest BCUT2D eigenvalue weighted by Crippen LogP contribution is 2.36. The number of nitrogens with two attached hydrogens (primary N) is 1. The van der Waals surface area contributed by atoms with Crippen LogP contribution < -0.4 is 25.2 Å². The molecule has 0 aliphatic carbocycles. The number of nitrogens with one attached hydrogen (secondary N) is 2. The molecule has 0 radical (unpaired) electrons. The first-order valence-electron chi connectivity index (χ1n) is 11.1. The van der Waals surface area contributed by atoms with Gasteiger partial charge in [0, 0.05) is 38.1 Å². The summed E-state index contributed by atoms with van der Waals surface area (Å²) in [5.41, 5.74) is 2.22. The molecule has 1 aliphatic heterocycles. The molecule has 0 spiro atoms. The molecule has 1 aromatic heterocycles. The van der Waals surface area contributed by atoms with E-state index < -0.39 is 11.0 Å². The van der Waals surface area contributed by atoms with Crippen molar-refractivity contribution in [1.29, 1.82) is 0 Å². The second-order valence-electron chi connectivity index (χ2n) is 7.78. The van der Waals surface area contributed by atoms with E-state index in [1.165, 1.54) is 6.33 Å². The molecule has 3 aromatic rings. The van der Waals surface area contributed by atoms with Crippen LogP contribution in [-0.2, 0) is 15.7 Å². The topological polar surface area (TPSA) is 124 Å². The van der Waals surface area contributed by atoms with Crippen LogP contribution in [0.15, 0.2) is 41.6 Å². The Bertz CT molecular complexity index is 1160. The third-order valence-corrected chi connectivity index (χ3v) is 6.36. The van der Waals surface area contributed by atoms with E-state index in [1.807, 2.05) is 25.2 Å². The fourth-order valence-electron chi connectivity index (χ4n) is 3.83. The van der Waals surface area contributed by atoms with Crippen molar-refractivity contribution < 1.29 is 18.4 Å². The van der Waals surface area contributed by atoms with E-state index in [0.29, 0.717) is 40.0 Å². The minimum absolute atomic E-state index is 0.505. The molecule has 34 heavy (non-hydrogen) atoms. The van der Waals surface area contributed by atoms with Crippen LogP contribution in [0.5, 0.6) is 11.5 Å². The Hall–Kier alpha value is -2.99. The summed E-state index contributed by atoms with van der Waals surface area (Å²) in [7, 11) is 1.82. The molecule has 1 fully saturated rings. The number of methoxy groups -OCH3 is 1. The first-order valence-corrected chi connectivity index (χ1v) is 12.3. The third-order valence-electron chi connectivity index (χ3n) is 5.65. The number of rotatable bonds is 10. The molecule has 11 heteroatoms. The Morgan fingerprint density at radius 3 is 2.71 bits per heavy atom. The third kappa shape index (κ3) is 5.73. The number of aromatic nitrogens is 2. The Labute approximate surface area is 201 Å². The predicted molar refractivity (Wildman–Crippen MR) is 133 cm³/mol. The van der Waals surface area contributed by atoms with Crippen molar-refractivity contribution in [2.75, 3.05) is 64.2 Å². The number of nitrogens with zero attached hydrogens (tertiary/aromatic N) is 3. The average Bonchev–Trinajstić information content (AvgIpc) is 2.87. The minimum Gasteiger partial charge on any atom is -0.493 e. The molecule has 4 N–H and O–H groups in total. The molecule has 1 unspecified atom stereocenters. The molecule has 0 saturated carbocycles. The predicted octanol–water partition coefficient (Wildman–Crippen LogP) is 2.51. The van der Waals surface area contributed by atoms with Gasteiger partial charge in [0.1, 0.15) is 23.1 Å². The first kappa shape index (κ1) is 24.1. The van der Waals surface area contributed by atoms with Gasteiger partial charge in [-0.3, -0.25) is 4.90 Å². The van der Waals surface area contributed by atoms with Crippen molar-refractivity contribution in [3.8, 4) is 11.5 Å². The van der Waals surface area contributed by atoms with Crippen LogP contribution in [0, 0.1) is 0 Å². The maximum Gasteiger partial charge on any atom is 0.162 e. The second-order valence-corrected chi connectivity index (χ2v) is 8.84. The highest BCUT2D eigenvalue weighted by molar-refractivity contribution is 7.82. The Balaban J connectivity index is 1.56. The highest BCUT2D eigenvalue weighted by atomic mass is 32.2. The van der Waals surface area contributed by atoms with Gasteiger partial charge in [0.05, 0.1) is 48.7 Å². The number of ether oxygens (including phenoxy) is 3. The summed E-state index contributed by atoms with van der Waals surface area (Å²) in [5, 5.41) is 12.8. The molecule has 1 saturated heterocycles. The largest absolute Gasteiger partial charge is 0.493 e. The first-order chi connectivity index (χ1) is 16.6. The summed E-state index contributed by atoms with van der Waals surface area (Å²) in [4.78, 5) is 11.7. The zero-order chi connectivity index (χ0) is 23.9. The average molecular weight is 487 g/mol.